The lowest BCUT2D eigenvalue weighted by molar-refractivity contribution is -0.128. The van der Waals surface area contributed by atoms with Crippen molar-refractivity contribution < 1.29 is 14.3 Å². The van der Waals surface area contributed by atoms with Crippen molar-refractivity contribution >= 4 is 40.3 Å². The number of nitrogen functional groups attached to an aromatic ring is 1. The van der Waals surface area contributed by atoms with Gasteiger partial charge in [0.05, 0.1) is 3.92 Å². The fraction of sp³-hybridized carbons (Fsp3) is 0.467. The number of hydrogen-bond donors (Lipinski definition) is 1. The Kier molecular flexibility index (Phi) is 7.43. The van der Waals surface area contributed by atoms with Crippen LogP contribution in [-0.2, 0) is 16.1 Å². The number of nitrogens with two attached hydrogens (primary N) is 1. The van der Waals surface area contributed by atoms with E-state index in [2.05, 4.69) is 22.6 Å². The molecule has 0 saturated heterocycles. The summed E-state index contributed by atoms with van der Waals surface area (Å²) in [6, 6.07) is 7.16. The SMILES string of the molecule is C[C@H](I)C(=O)N(C)CCN(C)C(=O)OCc1ccc(N)cc1. The third kappa shape index (κ3) is 6.08. The van der Waals surface area contributed by atoms with Crippen molar-refractivity contribution in [3.63, 3.8) is 0 Å². The summed E-state index contributed by atoms with van der Waals surface area (Å²) in [5.74, 6) is 0.0456. The van der Waals surface area contributed by atoms with E-state index < -0.39 is 6.09 Å². The van der Waals surface area contributed by atoms with E-state index in [4.69, 9.17) is 10.5 Å². The normalized spacial score (nSPS) is 11.6. The first-order valence-electron chi connectivity index (χ1n) is 6.92. The van der Waals surface area contributed by atoms with E-state index >= 15 is 0 Å². The van der Waals surface area contributed by atoms with Crippen LogP contribution in [0, 0.1) is 0 Å². The average molecular weight is 419 g/mol. The Labute approximate surface area is 144 Å². The van der Waals surface area contributed by atoms with E-state index in [1.807, 2.05) is 19.1 Å². The summed E-state index contributed by atoms with van der Waals surface area (Å²) >= 11 is 2.07. The van der Waals surface area contributed by atoms with Crippen molar-refractivity contribution in [3.8, 4) is 0 Å². The van der Waals surface area contributed by atoms with Crippen LogP contribution in [0.1, 0.15) is 12.5 Å². The van der Waals surface area contributed by atoms with E-state index in [1.165, 1.54) is 4.90 Å². The molecule has 0 fully saturated rings. The molecule has 0 saturated carbocycles. The second kappa shape index (κ2) is 8.82. The Bertz CT molecular complexity index is 505. The maximum Gasteiger partial charge on any atom is 0.409 e. The highest BCUT2D eigenvalue weighted by molar-refractivity contribution is 14.1. The molecule has 0 aliphatic carbocycles. The third-order valence-corrected chi connectivity index (χ3v) is 3.67. The Balaban J connectivity index is 2.36. The highest BCUT2D eigenvalue weighted by Gasteiger charge is 2.16. The van der Waals surface area contributed by atoms with Crippen molar-refractivity contribution in [3.05, 3.63) is 29.8 Å². The first kappa shape index (κ1) is 18.5. The number of alkyl halides is 1. The van der Waals surface area contributed by atoms with E-state index in [0.717, 1.165) is 5.56 Å². The van der Waals surface area contributed by atoms with E-state index in [0.29, 0.717) is 18.8 Å². The van der Waals surface area contributed by atoms with Gasteiger partial charge in [0.25, 0.3) is 0 Å². The summed E-state index contributed by atoms with van der Waals surface area (Å²) < 4.78 is 5.13. The van der Waals surface area contributed by atoms with Gasteiger partial charge in [-0.1, -0.05) is 34.7 Å². The van der Waals surface area contributed by atoms with Crippen LogP contribution < -0.4 is 5.73 Å². The standard InChI is InChI=1S/C15H22IN3O3/c1-11(16)14(20)18(2)8-9-19(3)15(21)22-10-12-4-6-13(17)7-5-12/h4-7,11H,8-10,17H2,1-3H3/t11-/m0/s1. The summed E-state index contributed by atoms with van der Waals surface area (Å²) in [4.78, 5) is 26.7. The summed E-state index contributed by atoms with van der Waals surface area (Å²) in [5, 5.41) is 0. The predicted octanol–water partition coefficient (Wildman–Crippen LogP) is 2.12. The van der Waals surface area contributed by atoms with Gasteiger partial charge in [-0.2, -0.15) is 0 Å². The Morgan fingerprint density at radius 2 is 1.73 bits per heavy atom. The average Bonchev–Trinajstić information content (AvgIpc) is 2.50. The van der Waals surface area contributed by atoms with Gasteiger partial charge in [0.2, 0.25) is 5.91 Å². The van der Waals surface area contributed by atoms with Gasteiger partial charge in [-0.25, -0.2) is 4.79 Å². The van der Waals surface area contributed by atoms with Crippen LogP contribution in [0.25, 0.3) is 0 Å². The monoisotopic (exact) mass is 419 g/mol. The fourth-order valence-electron chi connectivity index (χ4n) is 1.67. The summed E-state index contributed by atoms with van der Waals surface area (Å²) in [5.41, 5.74) is 7.14. The van der Waals surface area contributed by atoms with Gasteiger partial charge in [0.15, 0.2) is 0 Å². The summed E-state index contributed by atoms with van der Waals surface area (Å²) in [7, 11) is 3.38. The Morgan fingerprint density at radius 1 is 1.18 bits per heavy atom. The van der Waals surface area contributed by atoms with E-state index in [-0.39, 0.29) is 16.4 Å². The van der Waals surface area contributed by atoms with Crippen molar-refractivity contribution in [2.45, 2.75) is 17.5 Å². The fourth-order valence-corrected chi connectivity index (χ4v) is 2.15. The van der Waals surface area contributed by atoms with Crippen molar-refractivity contribution in [1.29, 1.82) is 0 Å². The predicted molar refractivity (Wildman–Crippen MR) is 94.8 cm³/mol. The highest BCUT2D eigenvalue weighted by Crippen LogP contribution is 2.07. The zero-order valence-electron chi connectivity index (χ0n) is 13.1. The minimum absolute atomic E-state index is 0.0456. The molecule has 6 nitrogen and oxygen atoms in total. The van der Waals surface area contributed by atoms with Crippen LogP contribution in [0.5, 0.6) is 0 Å². The zero-order valence-corrected chi connectivity index (χ0v) is 15.2. The molecule has 1 rings (SSSR count). The molecule has 1 aromatic carbocycles. The van der Waals surface area contributed by atoms with Crippen molar-refractivity contribution in [1.82, 2.24) is 9.80 Å². The summed E-state index contributed by atoms with van der Waals surface area (Å²) in [6.07, 6.45) is -0.416. The van der Waals surface area contributed by atoms with Crippen LogP contribution in [0.4, 0.5) is 10.5 Å². The van der Waals surface area contributed by atoms with E-state index in [1.54, 1.807) is 31.1 Å². The lowest BCUT2D eigenvalue weighted by atomic mass is 10.2. The number of amides is 2. The molecule has 0 spiro atoms. The smallest absolute Gasteiger partial charge is 0.409 e. The largest absolute Gasteiger partial charge is 0.445 e. The molecule has 0 aliphatic rings. The van der Waals surface area contributed by atoms with Gasteiger partial charge in [0, 0.05) is 32.9 Å². The van der Waals surface area contributed by atoms with E-state index in [9.17, 15) is 9.59 Å². The van der Waals surface area contributed by atoms with Crippen LogP contribution in [0.3, 0.4) is 0 Å². The third-order valence-electron chi connectivity index (χ3n) is 3.14. The molecular formula is C15H22IN3O3. The number of hydrogen-bond acceptors (Lipinski definition) is 4. The second-order valence-corrected chi connectivity index (χ2v) is 6.96. The molecule has 0 bridgehead atoms. The first-order valence-corrected chi connectivity index (χ1v) is 8.17. The quantitative estimate of drug-likeness (QED) is 0.436. The molecule has 2 N–H and O–H groups in total. The maximum atomic E-state index is 11.9. The minimum Gasteiger partial charge on any atom is -0.445 e. The number of nitrogens with zero attached hydrogens (tertiary/aromatic N) is 2. The van der Waals surface area contributed by atoms with Gasteiger partial charge < -0.3 is 20.3 Å². The highest BCUT2D eigenvalue weighted by atomic mass is 127. The lowest BCUT2D eigenvalue weighted by Gasteiger charge is -2.23. The number of carbonyl (C=O) groups excluding carboxylic acids is 2. The zero-order chi connectivity index (χ0) is 16.7. The molecular weight excluding hydrogens is 397 g/mol. The molecule has 0 heterocycles. The minimum atomic E-state index is -0.416. The molecule has 122 valence electrons. The van der Waals surface area contributed by atoms with Gasteiger partial charge in [-0.05, 0) is 24.6 Å². The van der Waals surface area contributed by atoms with Crippen molar-refractivity contribution in [2.24, 2.45) is 0 Å². The number of benzene rings is 1. The Hall–Kier alpha value is -1.51. The number of anilines is 1. The topological polar surface area (TPSA) is 75.9 Å². The number of rotatable bonds is 6. The molecule has 0 radical (unpaired) electrons. The number of likely N-dealkylation sites (N-methyl/N-ethyl adjacent to an activating group) is 2. The number of halogens is 1. The maximum absolute atomic E-state index is 11.9. The number of carbonyl (C=O) groups is 2. The van der Waals surface area contributed by atoms with Crippen LogP contribution in [-0.4, -0.2) is 52.9 Å². The lowest BCUT2D eigenvalue weighted by Crippen LogP contribution is -2.39. The molecule has 7 heteroatoms. The van der Waals surface area contributed by atoms with Gasteiger partial charge in [0.1, 0.15) is 6.61 Å². The van der Waals surface area contributed by atoms with Gasteiger partial charge in [-0.3, -0.25) is 4.79 Å². The van der Waals surface area contributed by atoms with Crippen molar-refractivity contribution in [2.75, 3.05) is 32.9 Å². The van der Waals surface area contributed by atoms with Crippen LogP contribution >= 0.6 is 22.6 Å². The second-order valence-electron chi connectivity index (χ2n) is 5.09. The molecule has 0 aliphatic heterocycles. The molecule has 1 aromatic rings. The van der Waals surface area contributed by atoms with Crippen LogP contribution in [0.15, 0.2) is 24.3 Å². The van der Waals surface area contributed by atoms with Gasteiger partial charge in [-0.15, -0.1) is 0 Å². The van der Waals surface area contributed by atoms with Gasteiger partial charge >= 0.3 is 6.09 Å². The molecule has 0 aromatic heterocycles. The molecule has 2 amide bonds. The molecule has 1 atom stereocenters. The number of ether oxygens (including phenoxy) is 1. The molecule has 22 heavy (non-hydrogen) atoms. The molecule has 0 unspecified atom stereocenters. The summed E-state index contributed by atoms with van der Waals surface area (Å²) in [6.45, 7) is 2.93. The Morgan fingerprint density at radius 3 is 2.27 bits per heavy atom. The van der Waals surface area contributed by atoms with Crippen LogP contribution in [0.2, 0.25) is 0 Å². The first-order chi connectivity index (χ1) is 10.3.